The number of rotatable bonds is 6. The first kappa shape index (κ1) is 12.4. The smallest absolute Gasteiger partial charge is 0.124 e. The van der Waals surface area contributed by atoms with Gasteiger partial charge in [-0.1, -0.05) is 12.1 Å². The van der Waals surface area contributed by atoms with E-state index in [1.54, 1.807) is 0 Å². The van der Waals surface area contributed by atoms with Gasteiger partial charge >= 0.3 is 0 Å². The number of unbranched alkanes of at least 4 members (excludes halogenated alkanes) is 1. The molecule has 1 fully saturated rings. The van der Waals surface area contributed by atoms with Gasteiger partial charge in [0, 0.05) is 13.1 Å². The second-order valence-electron chi connectivity index (χ2n) is 4.85. The van der Waals surface area contributed by atoms with E-state index in [0.717, 1.165) is 38.2 Å². The Balaban J connectivity index is 1.77. The molecule has 0 radical (unpaired) electrons. The Morgan fingerprint density at radius 3 is 2.53 bits per heavy atom. The first-order valence-electron chi connectivity index (χ1n) is 6.42. The lowest BCUT2D eigenvalue weighted by molar-refractivity contribution is 0.0388. The summed E-state index contributed by atoms with van der Waals surface area (Å²) in [6, 6.07) is 8.48. The number of nitrogens with zero attached hydrogens (tertiary/aromatic N) is 1. The highest BCUT2D eigenvalue weighted by molar-refractivity contribution is 5.27. The van der Waals surface area contributed by atoms with E-state index in [0.29, 0.717) is 6.10 Å². The summed E-state index contributed by atoms with van der Waals surface area (Å²) in [5.74, 6) is 0.991. The predicted molar refractivity (Wildman–Crippen MR) is 70.3 cm³/mol. The molecule has 17 heavy (non-hydrogen) atoms. The van der Waals surface area contributed by atoms with Gasteiger partial charge in [0.2, 0.25) is 0 Å². The molecule has 94 valence electrons. The molecular weight excluding hydrogens is 212 g/mol. The fourth-order valence-corrected chi connectivity index (χ4v) is 2.12. The molecule has 0 unspecified atom stereocenters. The van der Waals surface area contributed by atoms with Crippen molar-refractivity contribution in [3.05, 3.63) is 29.8 Å². The molecule has 0 amide bonds. The van der Waals surface area contributed by atoms with Gasteiger partial charge in [-0.25, -0.2) is 0 Å². The largest absolute Gasteiger partial charge is 0.488 e. The molecule has 1 aromatic rings. The number of ether oxygens (including phenoxy) is 1. The first-order chi connectivity index (χ1) is 8.28. The Hall–Kier alpha value is -1.06. The highest BCUT2D eigenvalue weighted by Crippen LogP contribution is 2.18. The molecule has 1 saturated heterocycles. The summed E-state index contributed by atoms with van der Waals surface area (Å²) in [5, 5.41) is 0. The van der Waals surface area contributed by atoms with Crippen LogP contribution in [0.5, 0.6) is 5.75 Å². The normalized spacial score (nSPS) is 16.8. The summed E-state index contributed by atoms with van der Waals surface area (Å²) in [6.07, 6.45) is 3.77. The minimum atomic E-state index is 0.378. The second-order valence-corrected chi connectivity index (χ2v) is 4.85. The topological polar surface area (TPSA) is 38.5 Å². The zero-order chi connectivity index (χ0) is 12.1. The SMILES string of the molecule is CN1CC(Oc2ccc(CCCCN)cc2)C1. The van der Waals surface area contributed by atoms with Gasteiger partial charge in [-0.3, -0.25) is 4.90 Å². The summed E-state index contributed by atoms with van der Waals surface area (Å²) in [5.41, 5.74) is 6.85. The Morgan fingerprint density at radius 1 is 1.24 bits per heavy atom. The lowest BCUT2D eigenvalue weighted by atomic mass is 10.1. The molecule has 3 heteroatoms. The fraction of sp³-hybridized carbons (Fsp3) is 0.571. The quantitative estimate of drug-likeness (QED) is 0.761. The van der Waals surface area contributed by atoms with Crippen LogP contribution in [0.2, 0.25) is 0 Å². The summed E-state index contributed by atoms with van der Waals surface area (Å²) < 4.78 is 5.84. The van der Waals surface area contributed by atoms with E-state index in [1.807, 2.05) is 0 Å². The van der Waals surface area contributed by atoms with Gasteiger partial charge in [0.05, 0.1) is 0 Å². The third kappa shape index (κ3) is 3.72. The molecule has 0 spiro atoms. The molecule has 0 saturated carbocycles. The van der Waals surface area contributed by atoms with Crippen LogP contribution in [-0.2, 0) is 6.42 Å². The Bertz CT molecular complexity index is 331. The monoisotopic (exact) mass is 234 g/mol. The van der Waals surface area contributed by atoms with Crippen LogP contribution >= 0.6 is 0 Å². The third-order valence-corrected chi connectivity index (χ3v) is 3.18. The Labute approximate surface area is 104 Å². The molecule has 2 N–H and O–H groups in total. The zero-order valence-electron chi connectivity index (χ0n) is 10.6. The van der Waals surface area contributed by atoms with Gasteiger partial charge < -0.3 is 10.5 Å². The van der Waals surface area contributed by atoms with Crippen LogP contribution in [0, 0.1) is 0 Å². The third-order valence-electron chi connectivity index (χ3n) is 3.18. The summed E-state index contributed by atoms with van der Waals surface area (Å²) in [7, 11) is 2.11. The van der Waals surface area contributed by atoms with Gasteiger partial charge in [0.25, 0.3) is 0 Å². The number of likely N-dealkylation sites (tertiary alicyclic amines) is 1. The Morgan fingerprint density at radius 2 is 1.94 bits per heavy atom. The minimum absolute atomic E-state index is 0.378. The van der Waals surface area contributed by atoms with Crippen LogP contribution in [0.4, 0.5) is 0 Å². The van der Waals surface area contributed by atoms with Crippen molar-refractivity contribution in [1.82, 2.24) is 4.90 Å². The maximum Gasteiger partial charge on any atom is 0.124 e. The lowest BCUT2D eigenvalue weighted by Crippen LogP contribution is -2.51. The summed E-state index contributed by atoms with van der Waals surface area (Å²) >= 11 is 0. The highest BCUT2D eigenvalue weighted by atomic mass is 16.5. The van der Waals surface area contributed by atoms with Gasteiger partial charge in [-0.05, 0) is 50.6 Å². The number of nitrogens with two attached hydrogens (primary N) is 1. The number of hydrogen-bond donors (Lipinski definition) is 1. The average molecular weight is 234 g/mol. The molecule has 1 aromatic carbocycles. The zero-order valence-corrected chi connectivity index (χ0v) is 10.6. The minimum Gasteiger partial charge on any atom is -0.488 e. The van der Waals surface area contributed by atoms with Crippen molar-refractivity contribution in [2.45, 2.75) is 25.4 Å². The standard InChI is InChI=1S/C14H22N2O/c1-16-10-14(11-16)17-13-7-5-12(6-8-13)4-2-3-9-15/h5-8,14H,2-4,9-11,15H2,1H3. The second kappa shape index (κ2) is 6.03. The summed E-state index contributed by atoms with van der Waals surface area (Å²) in [6.45, 7) is 2.87. The molecule has 0 bridgehead atoms. The van der Waals surface area contributed by atoms with Crippen LogP contribution in [-0.4, -0.2) is 37.7 Å². The van der Waals surface area contributed by atoms with Crippen LogP contribution in [0.15, 0.2) is 24.3 Å². The molecule has 2 rings (SSSR count). The van der Waals surface area contributed by atoms with Crippen LogP contribution in [0.3, 0.4) is 0 Å². The highest BCUT2D eigenvalue weighted by Gasteiger charge is 2.24. The van der Waals surface area contributed by atoms with Crippen molar-refractivity contribution in [3.8, 4) is 5.75 Å². The molecular formula is C14H22N2O. The van der Waals surface area contributed by atoms with E-state index in [1.165, 1.54) is 12.0 Å². The van der Waals surface area contributed by atoms with Crippen LogP contribution in [0.25, 0.3) is 0 Å². The van der Waals surface area contributed by atoms with Crippen LogP contribution < -0.4 is 10.5 Å². The molecule has 1 heterocycles. The molecule has 0 atom stereocenters. The van der Waals surface area contributed by atoms with Crippen molar-refractivity contribution < 1.29 is 4.74 Å². The maximum absolute atomic E-state index is 5.84. The number of benzene rings is 1. The van der Waals surface area contributed by atoms with E-state index >= 15 is 0 Å². The van der Waals surface area contributed by atoms with Crippen molar-refractivity contribution in [1.29, 1.82) is 0 Å². The van der Waals surface area contributed by atoms with E-state index in [9.17, 15) is 0 Å². The molecule has 0 aromatic heterocycles. The molecule has 3 nitrogen and oxygen atoms in total. The van der Waals surface area contributed by atoms with E-state index in [2.05, 4.69) is 36.2 Å². The number of likely N-dealkylation sites (N-methyl/N-ethyl adjacent to an activating group) is 1. The van der Waals surface area contributed by atoms with E-state index in [4.69, 9.17) is 10.5 Å². The fourth-order valence-electron chi connectivity index (χ4n) is 2.12. The van der Waals surface area contributed by atoms with E-state index in [-0.39, 0.29) is 0 Å². The number of aryl methyl sites for hydroxylation is 1. The lowest BCUT2D eigenvalue weighted by Gasteiger charge is -2.36. The Kier molecular flexibility index (Phi) is 4.40. The van der Waals surface area contributed by atoms with Crippen molar-refractivity contribution >= 4 is 0 Å². The van der Waals surface area contributed by atoms with Gasteiger partial charge in [0.1, 0.15) is 11.9 Å². The average Bonchev–Trinajstić information content (AvgIpc) is 2.30. The van der Waals surface area contributed by atoms with Gasteiger partial charge in [-0.15, -0.1) is 0 Å². The molecule has 1 aliphatic heterocycles. The van der Waals surface area contributed by atoms with Crippen LogP contribution in [0.1, 0.15) is 18.4 Å². The van der Waals surface area contributed by atoms with Gasteiger partial charge in [0.15, 0.2) is 0 Å². The van der Waals surface area contributed by atoms with E-state index < -0.39 is 0 Å². The van der Waals surface area contributed by atoms with Crippen molar-refractivity contribution in [2.75, 3.05) is 26.7 Å². The van der Waals surface area contributed by atoms with Crippen molar-refractivity contribution in [3.63, 3.8) is 0 Å². The predicted octanol–water partition coefficient (Wildman–Crippen LogP) is 1.66. The molecule has 0 aliphatic carbocycles. The maximum atomic E-state index is 5.84. The molecule has 1 aliphatic rings. The van der Waals surface area contributed by atoms with Gasteiger partial charge in [-0.2, -0.15) is 0 Å². The van der Waals surface area contributed by atoms with Crippen molar-refractivity contribution in [2.24, 2.45) is 5.73 Å². The number of hydrogen-bond acceptors (Lipinski definition) is 3. The summed E-state index contributed by atoms with van der Waals surface area (Å²) in [4.78, 5) is 2.26. The first-order valence-corrected chi connectivity index (χ1v) is 6.42.